The number of morpholine rings is 1. The largest absolute Gasteiger partial charge is 0.378 e. The van der Waals surface area contributed by atoms with E-state index in [1.54, 1.807) is 11.1 Å². The second-order valence-electron chi connectivity index (χ2n) is 4.69. The molecular formula is C14H19N3O3. The van der Waals surface area contributed by atoms with Gasteiger partial charge in [0.25, 0.3) is 0 Å². The van der Waals surface area contributed by atoms with Crippen molar-refractivity contribution in [2.24, 2.45) is 0 Å². The Balaban J connectivity index is 1.95. The number of hydrogen-bond acceptors (Lipinski definition) is 4. The van der Waals surface area contributed by atoms with Crippen molar-refractivity contribution in [3.8, 4) is 0 Å². The van der Waals surface area contributed by atoms with E-state index in [9.17, 15) is 9.59 Å². The highest BCUT2D eigenvalue weighted by Crippen LogP contribution is 2.04. The van der Waals surface area contributed by atoms with Gasteiger partial charge in [-0.15, -0.1) is 0 Å². The number of carbonyl (C=O) groups excluding carboxylic acids is 2. The molecule has 2 heterocycles. The van der Waals surface area contributed by atoms with Crippen LogP contribution >= 0.6 is 0 Å². The lowest BCUT2D eigenvalue weighted by Gasteiger charge is -2.29. The van der Waals surface area contributed by atoms with Gasteiger partial charge in [-0.05, 0) is 12.1 Å². The Morgan fingerprint density at radius 3 is 2.70 bits per heavy atom. The topological polar surface area (TPSA) is 62.7 Å². The zero-order valence-electron chi connectivity index (χ0n) is 11.6. The number of aromatic nitrogens is 1. The fourth-order valence-electron chi connectivity index (χ4n) is 2.04. The minimum atomic E-state index is -0.128. The highest BCUT2D eigenvalue weighted by atomic mass is 16.5. The summed E-state index contributed by atoms with van der Waals surface area (Å²) in [6.45, 7) is 4.22. The lowest BCUT2D eigenvalue weighted by molar-refractivity contribution is -0.142. The maximum atomic E-state index is 12.2. The summed E-state index contributed by atoms with van der Waals surface area (Å²) in [7, 11) is 0. The third-order valence-corrected chi connectivity index (χ3v) is 3.21. The van der Waals surface area contributed by atoms with Crippen molar-refractivity contribution in [2.45, 2.75) is 13.5 Å². The van der Waals surface area contributed by atoms with E-state index in [0.29, 0.717) is 32.8 Å². The van der Waals surface area contributed by atoms with Crippen LogP contribution in [0.2, 0.25) is 0 Å². The quantitative estimate of drug-likeness (QED) is 0.793. The minimum Gasteiger partial charge on any atom is -0.378 e. The van der Waals surface area contributed by atoms with Gasteiger partial charge in [0, 0.05) is 26.2 Å². The summed E-state index contributed by atoms with van der Waals surface area (Å²) in [4.78, 5) is 31.3. The molecule has 0 bridgehead atoms. The molecule has 0 aromatic carbocycles. The van der Waals surface area contributed by atoms with Crippen LogP contribution in [0.5, 0.6) is 0 Å². The maximum absolute atomic E-state index is 12.2. The third-order valence-electron chi connectivity index (χ3n) is 3.21. The first kappa shape index (κ1) is 14.5. The number of carbonyl (C=O) groups is 2. The summed E-state index contributed by atoms with van der Waals surface area (Å²) in [5, 5.41) is 0. The van der Waals surface area contributed by atoms with Gasteiger partial charge in [0.1, 0.15) is 6.54 Å². The van der Waals surface area contributed by atoms with Crippen LogP contribution in [0, 0.1) is 0 Å². The molecule has 0 N–H and O–H groups in total. The van der Waals surface area contributed by atoms with E-state index < -0.39 is 0 Å². The molecule has 2 amide bonds. The normalized spacial score (nSPS) is 14.9. The predicted octanol–water partition coefficient (Wildman–Crippen LogP) is 0.289. The van der Waals surface area contributed by atoms with Gasteiger partial charge in [-0.3, -0.25) is 14.6 Å². The van der Waals surface area contributed by atoms with Gasteiger partial charge < -0.3 is 14.5 Å². The molecule has 1 saturated heterocycles. The number of pyridine rings is 1. The molecule has 1 aromatic heterocycles. The van der Waals surface area contributed by atoms with E-state index >= 15 is 0 Å². The number of rotatable bonds is 4. The summed E-state index contributed by atoms with van der Waals surface area (Å²) < 4.78 is 5.21. The first-order valence-corrected chi connectivity index (χ1v) is 6.68. The fraction of sp³-hybridized carbons (Fsp3) is 0.500. The van der Waals surface area contributed by atoms with E-state index in [4.69, 9.17) is 4.74 Å². The van der Waals surface area contributed by atoms with Gasteiger partial charge in [-0.25, -0.2) is 0 Å². The number of nitrogens with zero attached hydrogens (tertiary/aromatic N) is 3. The van der Waals surface area contributed by atoms with Crippen LogP contribution in [0.15, 0.2) is 24.4 Å². The third kappa shape index (κ3) is 4.03. The van der Waals surface area contributed by atoms with Crippen LogP contribution in [0.3, 0.4) is 0 Å². The SMILES string of the molecule is CC(=O)N(CC(=O)N1CCOCC1)Cc1ccccn1. The minimum absolute atomic E-state index is 0.0422. The van der Waals surface area contributed by atoms with Crippen molar-refractivity contribution in [1.82, 2.24) is 14.8 Å². The standard InChI is InChI=1S/C14H19N3O3/c1-12(18)17(10-13-4-2-3-5-15-13)11-14(19)16-6-8-20-9-7-16/h2-5H,6-11H2,1H3. The lowest BCUT2D eigenvalue weighted by Crippen LogP contribution is -2.46. The number of amides is 2. The molecule has 1 aliphatic heterocycles. The smallest absolute Gasteiger partial charge is 0.242 e. The number of hydrogen-bond donors (Lipinski definition) is 0. The van der Waals surface area contributed by atoms with Gasteiger partial charge in [0.15, 0.2) is 0 Å². The Labute approximate surface area is 118 Å². The van der Waals surface area contributed by atoms with Gasteiger partial charge in [-0.2, -0.15) is 0 Å². The molecule has 6 heteroatoms. The summed E-state index contributed by atoms with van der Waals surface area (Å²) in [5.41, 5.74) is 0.775. The van der Waals surface area contributed by atoms with E-state index in [2.05, 4.69) is 4.98 Å². The summed E-state index contributed by atoms with van der Waals surface area (Å²) in [6.07, 6.45) is 1.68. The average Bonchev–Trinajstić information content (AvgIpc) is 2.48. The first-order chi connectivity index (χ1) is 9.66. The second-order valence-corrected chi connectivity index (χ2v) is 4.69. The van der Waals surface area contributed by atoms with Crippen LogP contribution in [-0.4, -0.2) is 59.4 Å². The molecule has 2 rings (SSSR count). The van der Waals surface area contributed by atoms with E-state index in [0.717, 1.165) is 5.69 Å². The van der Waals surface area contributed by atoms with Gasteiger partial charge >= 0.3 is 0 Å². The monoisotopic (exact) mass is 277 g/mol. The summed E-state index contributed by atoms with van der Waals surface area (Å²) >= 11 is 0. The van der Waals surface area contributed by atoms with Crippen LogP contribution in [0.25, 0.3) is 0 Å². The summed E-state index contributed by atoms with van der Waals surface area (Å²) in [6, 6.07) is 5.53. The van der Waals surface area contributed by atoms with Crippen molar-refractivity contribution >= 4 is 11.8 Å². The Bertz CT molecular complexity index is 458. The Hall–Kier alpha value is -1.95. The molecule has 0 saturated carbocycles. The van der Waals surface area contributed by atoms with Crippen LogP contribution in [0.4, 0.5) is 0 Å². The van der Waals surface area contributed by atoms with Crippen molar-refractivity contribution in [1.29, 1.82) is 0 Å². The van der Waals surface area contributed by atoms with Crippen LogP contribution in [-0.2, 0) is 20.9 Å². The molecular weight excluding hydrogens is 258 g/mol. The predicted molar refractivity (Wildman–Crippen MR) is 72.7 cm³/mol. The number of ether oxygens (including phenoxy) is 1. The molecule has 1 fully saturated rings. The second kappa shape index (κ2) is 7.00. The summed E-state index contributed by atoms with van der Waals surface area (Å²) in [5.74, 6) is -0.170. The van der Waals surface area contributed by atoms with E-state index in [1.807, 2.05) is 18.2 Å². The first-order valence-electron chi connectivity index (χ1n) is 6.68. The molecule has 0 spiro atoms. The Morgan fingerprint density at radius 1 is 1.35 bits per heavy atom. The highest BCUT2D eigenvalue weighted by Gasteiger charge is 2.21. The Morgan fingerprint density at radius 2 is 2.10 bits per heavy atom. The van der Waals surface area contributed by atoms with E-state index in [-0.39, 0.29) is 18.4 Å². The van der Waals surface area contributed by atoms with Gasteiger partial charge in [-0.1, -0.05) is 6.07 Å². The molecule has 1 aliphatic rings. The Kier molecular flexibility index (Phi) is 5.06. The van der Waals surface area contributed by atoms with Gasteiger partial charge in [0.2, 0.25) is 11.8 Å². The van der Waals surface area contributed by atoms with Crippen molar-refractivity contribution in [2.75, 3.05) is 32.8 Å². The van der Waals surface area contributed by atoms with Gasteiger partial charge in [0.05, 0.1) is 25.5 Å². The molecule has 0 radical (unpaired) electrons. The van der Waals surface area contributed by atoms with E-state index in [1.165, 1.54) is 11.8 Å². The fourth-order valence-corrected chi connectivity index (χ4v) is 2.04. The van der Waals surface area contributed by atoms with Crippen molar-refractivity contribution in [3.05, 3.63) is 30.1 Å². The zero-order chi connectivity index (χ0) is 14.4. The molecule has 0 aliphatic carbocycles. The molecule has 20 heavy (non-hydrogen) atoms. The van der Waals surface area contributed by atoms with Crippen LogP contribution < -0.4 is 0 Å². The zero-order valence-corrected chi connectivity index (χ0v) is 11.6. The van der Waals surface area contributed by atoms with Crippen LogP contribution in [0.1, 0.15) is 12.6 Å². The average molecular weight is 277 g/mol. The lowest BCUT2D eigenvalue weighted by atomic mass is 10.3. The molecule has 0 unspecified atom stereocenters. The van der Waals surface area contributed by atoms with Crippen molar-refractivity contribution < 1.29 is 14.3 Å². The maximum Gasteiger partial charge on any atom is 0.242 e. The highest BCUT2D eigenvalue weighted by molar-refractivity contribution is 5.83. The molecule has 108 valence electrons. The molecule has 1 aromatic rings. The molecule has 6 nitrogen and oxygen atoms in total. The van der Waals surface area contributed by atoms with Crippen molar-refractivity contribution in [3.63, 3.8) is 0 Å². The molecule has 0 atom stereocenters.